The molecule has 198 valence electrons. The van der Waals surface area contributed by atoms with Gasteiger partial charge >= 0.3 is 12.0 Å². The second-order valence-electron chi connectivity index (χ2n) is 8.35. The molecular formula is C29H23Cl2N3O4S. The molecule has 0 aliphatic heterocycles. The third kappa shape index (κ3) is 7.77. The molecule has 1 atom stereocenters. The first-order chi connectivity index (χ1) is 18.8. The summed E-state index contributed by atoms with van der Waals surface area (Å²) >= 11 is 13.7. The highest BCUT2D eigenvalue weighted by Crippen LogP contribution is 2.33. The number of carbonyl (C=O) groups excluding carboxylic acids is 2. The zero-order valence-electron chi connectivity index (χ0n) is 20.4. The van der Waals surface area contributed by atoms with Gasteiger partial charge in [-0.25, -0.2) is 9.59 Å². The Morgan fingerprint density at radius 1 is 0.769 bits per heavy atom. The number of anilines is 2. The monoisotopic (exact) mass is 579 g/mol. The molecule has 0 unspecified atom stereocenters. The second-order valence-corrected chi connectivity index (χ2v) is 10.3. The molecule has 39 heavy (non-hydrogen) atoms. The van der Waals surface area contributed by atoms with Crippen molar-refractivity contribution in [2.45, 2.75) is 22.3 Å². The fourth-order valence-corrected chi connectivity index (χ4v) is 5.15. The van der Waals surface area contributed by atoms with E-state index in [2.05, 4.69) is 16.0 Å². The molecule has 0 saturated heterocycles. The number of hydrogen-bond acceptors (Lipinski definition) is 4. The normalized spacial score (nSPS) is 11.3. The van der Waals surface area contributed by atoms with Gasteiger partial charge in [0.15, 0.2) is 0 Å². The summed E-state index contributed by atoms with van der Waals surface area (Å²) in [5.74, 6) is -1.64. The largest absolute Gasteiger partial charge is 0.480 e. The molecule has 0 saturated carbocycles. The van der Waals surface area contributed by atoms with Crippen molar-refractivity contribution in [1.82, 2.24) is 5.32 Å². The molecule has 7 nitrogen and oxygen atoms in total. The third-order valence-electron chi connectivity index (χ3n) is 5.55. The molecule has 10 heteroatoms. The van der Waals surface area contributed by atoms with Crippen LogP contribution in [0.1, 0.15) is 15.9 Å². The van der Waals surface area contributed by atoms with Crippen molar-refractivity contribution in [3.8, 4) is 0 Å². The second kappa shape index (κ2) is 13.2. The molecule has 4 rings (SSSR count). The van der Waals surface area contributed by atoms with Gasteiger partial charge in [0.25, 0.3) is 5.91 Å². The zero-order valence-corrected chi connectivity index (χ0v) is 22.7. The lowest BCUT2D eigenvalue weighted by Gasteiger charge is -2.17. The lowest BCUT2D eigenvalue weighted by atomic mass is 10.1. The highest BCUT2D eigenvalue weighted by Gasteiger charge is 2.21. The Bertz CT molecular complexity index is 1460. The number of carboxylic acid groups (broad SMARTS) is 1. The minimum absolute atomic E-state index is 0.0354. The van der Waals surface area contributed by atoms with E-state index in [0.717, 1.165) is 9.79 Å². The zero-order chi connectivity index (χ0) is 27.8. The lowest BCUT2D eigenvalue weighted by Crippen LogP contribution is -2.44. The SMILES string of the molecule is O=C(Nc1ccccc1Sc1ccccc1)N[C@@H](Cc1ccc(NC(=O)c2c(Cl)cccc2Cl)cc1)C(=O)O. The van der Waals surface area contributed by atoms with Crippen LogP contribution in [-0.4, -0.2) is 29.1 Å². The maximum Gasteiger partial charge on any atom is 0.326 e. The van der Waals surface area contributed by atoms with Gasteiger partial charge in [-0.15, -0.1) is 0 Å². The van der Waals surface area contributed by atoms with E-state index in [-0.39, 0.29) is 22.0 Å². The summed E-state index contributed by atoms with van der Waals surface area (Å²) in [6.45, 7) is 0. The van der Waals surface area contributed by atoms with E-state index in [1.54, 1.807) is 54.6 Å². The Kier molecular flexibility index (Phi) is 9.49. The van der Waals surface area contributed by atoms with Crippen molar-refractivity contribution in [3.05, 3.63) is 118 Å². The van der Waals surface area contributed by atoms with Gasteiger partial charge in [-0.05, 0) is 54.1 Å². The van der Waals surface area contributed by atoms with Crippen LogP contribution in [0.15, 0.2) is 107 Å². The molecule has 4 aromatic carbocycles. The van der Waals surface area contributed by atoms with Crippen molar-refractivity contribution >= 4 is 64.2 Å². The summed E-state index contributed by atoms with van der Waals surface area (Å²) in [4.78, 5) is 39.0. The molecule has 0 aromatic heterocycles. The molecule has 0 aliphatic carbocycles. The summed E-state index contributed by atoms with van der Waals surface area (Å²) in [7, 11) is 0. The summed E-state index contributed by atoms with van der Waals surface area (Å²) in [6.07, 6.45) is 0.0354. The topological polar surface area (TPSA) is 108 Å². The first-order valence-electron chi connectivity index (χ1n) is 11.8. The van der Waals surface area contributed by atoms with Crippen LogP contribution >= 0.6 is 35.0 Å². The third-order valence-corrected chi connectivity index (χ3v) is 7.26. The number of rotatable bonds is 9. The summed E-state index contributed by atoms with van der Waals surface area (Å²) in [5, 5.41) is 18.2. The Morgan fingerprint density at radius 3 is 2.08 bits per heavy atom. The first-order valence-corrected chi connectivity index (χ1v) is 13.3. The average molecular weight is 580 g/mol. The van der Waals surface area contributed by atoms with Crippen LogP contribution in [0.3, 0.4) is 0 Å². The number of nitrogens with one attached hydrogen (secondary N) is 3. The number of carboxylic acids is 1. The van der Waals surface area contributed by atoms with Gasteiger partial charge in [-0.1, -0.05) is 83.5 Å². The predicted molar refractivity (Wildman–Crippen MR) is 155 cm³/mol. The van der Waals surface area contributed by atoms with Crippen LogP contribution in [-0.2, 0) is 11.2 Å². The fraction of sp³-hybridized carbons (Fsp3) is 0.0690. The molecule has 4 aromatic rings. The number of benzene rings is 4. The van der Waals surface area contributed by atoms with E-state index in [1.807, 2.05) is 42.5 Å². The number of para-hydroxylation sites is 1. The highest BCUT2D eigenvalue weighted by atomic mass is 35.5. The van der Waals surface area contributed by atoms with Gasteiger partial charge in [0.1, 0.15) is 6.04 Å². The summed E-state index contributed by atoms with van der Waals surface area (Å²) in [5.41, 5.74) is 1.85. The minimum atomic E-state index is -1.18. The lowest BCUT2D eigenvalue weighted by molar-refractivity contribution is -0.139. The van der Waals surface area contributed by atoms with Gasteiger partial charge < -0.3 is 21.1 Å². The van der Waals surface area contributed by atoms with Crippen LogP contribution in [0.4, 0.5) is 16.2 Å². The van der Waals surface area contributed by atoms with Crippen molar-refractivity contribution in [2.24, 2.45) is 0 Å². The fourth-order valence-electron chi connectivity index (χ4n) is 3.66. The number of carbonyl (C=O) groups is 3. The first kappa shape index (κ1) is 28.0. The van der Waals surface area contributed by atoms with E-state index in [0.29, 0.717) is 16.9 Å². The quantitative estimate of drug-likeness (QED) is 0.167. The number of hydrogen-bond donors (Lipinski definition) is 4. The number of amides is 3. The Labute approximate surface area is 239 Å². The molecule has 0 radical (unpaired) electrons. The molecule has 0 fully saturated rings. The smallest absolute Gasteiger partial charge is 0.326 e. The maximum absolute atomic E-state index is 12.7. The van der Waals surface area contributed by atoms with Gasteiger partial charge in [0.05, 0.1) is 21.3 Å². The predicted octanol–water partition coefficient (Wildman–Crippen LogP) is 7.21. The van der Waals surface area contributed by atoms with Crippen LogP contribution in [0, 0.1) is 0 Å². The Hall–Kier alpha value is -3.98. The van der Waals surface area contributed by atoms with E-state index in [1.165, 1.54) is 11.8 Å². The van der Waals surface area contributed by atoms with Crippen LogP contribution in [0.2, 0.25) is 10.0 Å². The highest BCUT2D eigenvalue weighted by molar-refractivity contribution is 7.99. The standard InChI is InChI=1S/C29H23Cl2N3O4S/c30-21-9-6-10-22(31)26(21)27(35)32-19-15-13-18(14-16-19)17-24(28(36)37)34-29(38)33-23-11-4-5-12-25(23)39-20-7-2-1-3-8-20/h1-16,24H,17H2,(H,32,35)(H,36,37)(H2,33,34,38)/t24-/m0/s1. The van der Waals surface area contributed by atoms with Crippen molar-refractivity contribution < 1.29 is 19.5 Å². The molecule has 0 aliphatic rings. The maximum atomic E-state index is 12.7. The van der Waals surface area contributed by atoms with E-state index in [4.69, 9.17) is 23.2 Å². The minimum Gasteiger partial charge on any atom is -0.480 e. The van der Waals surface area contributed by atoms with Gasteiger partial charge in [-0.2, -0.15) is 0 Å². The number of halogens is 2. The van der Waals surface area contributed by atoms with Crippen molar-refractivity contribution in [1.29, 1.82) is 0 Å². The molecule has 3 amide bonds. The van der Waals surface area contributed by atoms with E-state index in [9.17, 15) is 19.5 Å². The molecular weight excluding hydrogens is 557 g/mol. The number of aliphatic carboxylic acids is 1. The van der Waals surface area contributed by atoms with Crippen LogP contribution in [0.5, 0.6) is 0 Å². The Morgan fingerprint density at radius 2 is 1.41 bits per heavy atom. The van der Waals surface area contributed by atoms with E-state index < -0.39 is 23.9 Å². The van der Waals surface area contributed by atoms with Gasteiger partial charge in [0, 0.05) is 21.9 Å². The molecule has 0 bridgehead atoms. The van der Waals surface area contributed by atoms with Crippen LogP contribution in [0.25, 0.3) is 0 Å². The molecule has 0 spiro atoms. The Balaban J connectivity index is 1.38. The average Bonchev–Trinajstić information content (AvgIpc) is 2.91. The molecule has 4 N–H and O–H groups in total. The summed E-state index contributed by atoms with van der Waals surface area (Å²) in [6, 6.07) is 26.6. The summed E-state index contributed by atoms with van der Waals surface area (Å²) < 4.78 is 0. The molecule has 0 heterocycles. The van der Waals surface area contributed by atoms with Gasteiger partial charge in [0.2, 0.25) is 0 Å². The number of urea groups is 1. The van der Waals surface area contributed by atoms with Crippen molar-refractivity contribution in [3.63, 3.8) is 0 Å². The van der Waals surface area contributed by atoms with Crippen molar-refractivity contribution in [2.75, 3.05) is 10.6 Å². The van der Waals surface area contributed by atoms with E-state index >= 15 is 0 Å². The van der Waals surface area contributed by atoms with Gasteiger partial charge in [-0.3, -0.25) is 4.79 Å². The van der Waals surface area contributed by atoms with Crippen LogP contribution < -0.4 is 16.0 Å².